The summed E-state index contributed by atoms with van der Waals surface area (Å²) >= 11 is 0. The largest absolute Gasteiger partial charge is 0.497 e. The van der Waals surface area contributed by atoms with Gasteiger partial charge in [-0.1, -0.05) is 44.2 Å². The molecule has 2 N–H and O–H groups in total. The van der Waals surface area contributed by atoms with E-state index in [2.05, 4.69) is 10.4 Å². The van der Waals surface area contributed by atoms with Crippen LogP contribution >= 0.6 is 0 Å². The molecule has 1 unspecified atom stereocenters. The minimum atomic E-state index is -4.18. The van der Waals surface area contributed by atoms with E-state index in [-0.39, 0.29) is 37.0 Å². The molecule has 11 nitrogen and oxygen atoms in total. The van der Waals surface area contributed by atoms with Crippen LogP contribution in [0.5, 0.6) is 5.75 Å². The van der Waals surface area contributed by atoms with Gasteiger partial charge in [-0.2, -0.15) is 4.31 Å². The van der Waals surface area contributed by atoms with Gasteiger partial charge in [-0.3, -0.25) is 19.3 Å². The molecule has 0 aliphatic carbocycles. The van der Waals surface area contributed by atoms with E-state index < -0.39 is 27.9 Å². The van der Waals surface area contributed by atoms with Crippen LogP contribution in [0.4, 0.5) is 0 Å². The van der Waals surface area contributed by atoms with Crippen LogP contribution in [0.1, 0.15) is 25.8 Å². The van der Waals surface area contributed by atoms with Crippen molar-refractivity contribution < 1.29 is 32.7 Å². The SMILES string of the molecule is COc1ccc(S(=O)(=O)N(CCC(=O)N2CCN(CCO)CC2)C(C(=O)NOCc2ccccc2)C(C)C)cc1. The van der Waals surface area contributed by atoms with Crippen LogP contribution < -0.4 is 10.2 Å². The van der Waals surface area contributed by atoms with Crippen molar-refractivity contribution >= 4 is 21.8 Å². The molecule has 1 atom stereocenters. The van der Waals surface area contributed by atoms with E-state index in [9.17, 15) is 18.0 Å². The highest BCUT2D eigenvalue weighted by Gasteiger charge is 2.38. The molecule has 3 rings (SSSR count). The summed E-state index contributed by atoms with van der Waals surface area (Å²) in [5.74, 6) is -0.742. The lowest BCUT2D eigenvalue weighted by Crippen LogP contribution is -2.54. The number of β-amino-alcohol motifs (C(OH)–C–C–N with tert-alkyl or cyclic N) is 1. The zero-order valence-electron chi connectivity index (χ0n) is 23.4. The van der Waals surface area contributed by atoms with Gasteiger partial charge in [0.05, 0.1) is 25.2 Å². The lowest BCUT2D eigenvalue weighted by atomic mass is 10.0. The maximum atomic E-state index is 13.9. The zero-order valence-corrected chi connectivity index (χ0v) is 24.2. The molecule has 1 aliphatic rings. The Kier molecular flexibility index (Phi) is 11.9. The lowest BCUT2D eigenvalue weighted by Gasteiger charge is -2.36. The molecule has 2 aromatic carbocycles. The van der Waals surface area contributed by atoms with E-state index >= 15 is 0 Å². The summed E-state index contributed by atoms with van der Waals surface area (Å²) in [7, 11) is -2.69. The number of nitrogens with zero attached hydrogens (tertiary/aromatic N) is 3. The van der Waals surface area contributed by atoms with Crippen LogP contribution in [0.2, 0.25) is 0 Å². The number of aliphatic hydroxyl groups is 1. The Hall–Kier alpha value is -3.03. The summed E-state index contributed by atoms with van der Waals surface area (Å²) in [6.45, 7) is 6.29. The molecule has 220 valence electrons. The standard InChI is InChI=1S/C28H40N4O7S/c1-22(2)27(28(35)29-39-21-23-7-5-4-6-8-23)32(40(36,37)25-11-9-24(38-3)10-12-25)14-13-26(34)31-17-15-30(16-18-31)19-20-33/h4-12,22,27,33H,13-21H2,1-3H3,(H,29,35). The number of amides is 2. The van der Waals surface area contributed by atoms with E-state index in [1.54, 1.807) is 18.7 Å². The molecule has 40 heavy (non-hydrogen) atoms. The fraction of sp³-hybridized carbons (Fsp3) is 0.500. The second-order valence-corrected chi connectivity index (χ2v) is 11.8. The average molecular weight is 577 g/mol. The van der Waals surface area contributed by atoms with Crippen LogP contribution in [0, 0.1) is 5.92 Å². The van der Waals surface area contributed by atoms with Gasteiger partial charge in [0.2, 0.25) is 15.9 Å². The Morgan fingerprint density at radius 1 is 1.02 bits per heavy atom. The van der Waals surface area contributed by atoms with Gasteiger partial charge in [0.1, 0.15) is 11.8 Å². The number of methoxy groups -OCH3 is 1. The van der Waals surface area contributed by atoms with Crippen molar-refractivity contribution in [3.05, 3.63) is 60.2 Å². The molecule has 0 aromatic heterocycles. The Morgan fingerprint density at radius 3 is 2.25 bits per heavy atom. The van der Waals surface area contributed by atoms with Gasteiger partial charge in [-0.25, -0.2) is 13.9 Å². The minimum Gasteiger partial charge on any atom is -0.497 e. The van der Waals surface area contributed by atoms with Crippen molar-refractivity contribution in [3.63, 3.8) is 0 Å². The third kappa shape index (κ3) is 8.48. The molecule has 1 aliphatic heterocycles. The molecular weight excluding hydrogens is 536 g/mol. The zero-order chi connectivity index (χ0) is 29.1. The van der Waals surface area contributed by atoms with Gasteiger partial charge in [0.25, 0.3) is 5.91 Å². The van der Waals surface area contributed by atoms with Crippen molar-refractivity contribution in [1.82, 2.24) is 19.6 Å². The van der Waals surface area contributed by atoms with Crippen molar-refractivity contribution in [3.8, 4) is 5.75 Å². The summed E-state index contributed by atoms with van der Waals surface area (Å²) < 4.78 is 34.0. The van der Waals surface area contributed by atoms with Crippen LogP contribution in [0.25, 0.3) is 0 Å². The van der Waals surface area contributed by atoms with Gasteiger partial charge >= 0.3 is 0 Å². The first-order chi connectivity index (χ1) is 19.2. The molecule has 2 aromatic rings. The third-order valence-electron chi connectivity index (χ3n) is 6.82. The fourth-order valence-corrected chi connectivity index (χ4v) is 6.33. The Morgan fingerprint density at radius 2 is 1.68 bits per heavy atom. The van der Waals surface area contributed by atoms with Gasteiger partial charge < -0.3 is 14.7 Å². The predicted octanol–water partition coefficient (Wildman–Crippen LogP) is 1.49. The highest BCUT2D eigenvalue weighted by atomic mass is 32.2. The molecule has 1 heterocycles. The van der Waals surface area contributed by atoms with Crippen molar-refractivity contribution in [2.45, 2.75) is 37.8 Å². The number of sulfonamides is 1. The Bertz CT molecular complexity index is 1180. The van der Waals surface area contributed by atoms with E-state index in [1.165, 1.54) is 31.4 Å². The maximum Gasteiger partial charge on any atom is 0.262 e. The smallest absolute Gasteiger partial charge is 0.262 e. The van der Waals surface area contributed by atoms with Crippen LogP contribution in [-0.2, 0) is 31.1 Å². The van der Waals surface area contributed by atoms with Gasteiger partial charge in [-0.15, -0.1) is 0 Å². The monoisotopic (exact) mass is 576 g/mol. The van der Waals surface area contributed by atoms with E-state index in [1.807, 2.05) is 30.3 Å². The van der Waals surface area contributed by atoms with E-state index in [4.69, 9.17) is 14.7 Å². The molecule has 1 saturated heterocycles. The number of carbonyl (C=O) groups excluding carboxylic acids is 2. The number of rotatable bonds is 14. The van der Waals surface area contributed by atoms with Crippen molar-refractivity contribution in [2.75, 3.05) is 53.0 Å². The fourth-order valence-electron chi connectivity index (χ4n) is 4.61. The van der Waals surface area contributed by atoms with E-state index in [0.717, 1.165) is 9.87 Å². The lowest BCUT2D eigenvalue weighted by molar-refractivity contribution is -0.141. The molecule has 2 amide bonds. The van der Waals surface area contributed by atoms with Crippen molar-refractivity contribution in [2.24, 2.45) is 5.92 Å². The first-order valence-corrected chi connectivity index (χ1v) is 14.8. The predicted molar refractivity (Wildman–Crippen MR) is 150 cm³/mol. The highest BCUT2D eigenvalue weighted by Crippen LogP contribution is 2.25. The summed E-state index contributed by atoms with van der Waals surface area (Å²) in [6.07, 6.45) is -0.0866. The number of benzene rings is 2. The quantitative estimate of drug-likeness (QED) is 0.324. The number of aliphatic hydroxyl groups excluding tert-OH is 1. The van der Waals surface area contributed by atoms with Gasteiger partial charge in [-0.05, 0) is 35.7 Å². The number of hydrogen-bond acceptors (Lipinski definition) is 8. The first-order valence-electron chi connectivity index (χ1n) is 13.4. The average Bonchev–Trinajstić information content (AvgIpc) is 2.95. The number of piperazine rings is 1. The number of hydrogen-bond donors (Lipinski definition) is 2. The summed E-state index contributed by atoms with van der Waals surface area (Å²) in [4.78, 5) is 35.6. The van der Waals surface area contributed by atoms with E-state index in [0.29, 0.717) is 38.5 Å². The van der Waals surface area contributed by atoms with Crippen LogP contribution in [0.15, 0.2) is 59.5 Å². The highest BCUT2D eigenvalue weighted by molar-refractivity contribution is 7.89. The molecule has 0 bridgehead atoms. The molecule has 12 heteroatoms. The second-order valence-electron chi connectivity index (χ2n) is 9.92. The number of carbonyl (C=O) groups is 2. The maximum absolute atomic E-state index is 13.9. The second kappa shape index (κ2) is 15.1. The molecule has 1 fully saturated rings. The molecular formula is C28H40N4O7S. The Labute approximate surface area is 236 Å². The number of nitrogens with one attached hydrogen (secondary N) is 1. The minimum absolute atomic E-state index is 0.0120. The normalized spacial score (nSPS) is 15.3. The van der Waals surface area contributed by atoms with Crippen LogP contribution in [-0.4, -0.2) is 98.5 Å². The Balaban J connectivity index is 1.79. The van der Waals surface area contributed by atoms with Gasteiger partial charge in [0, 0.05) is 45.7 Å². The van der Waals surface area contributed by atoms with Crippen LogP contribution in [0.3, 0.4) is 0 Å². The number of ether oxygens (including phenoxy) is 1. The summed E-state index contributed by atoms with van der Waals surface area (Å²) in [5, 5.41) is 9.16. The molecule has 0 saturated carbocycles. The van der Waals surface area contributed by atoms with Gasteiger partial charge in [0.15, 0.2) is 0 Å². The molecule has 0 radical (unpaired) electrons. The number of hydroxylamine groups is 1. The summed E-state index contributed by atoms with van der Waals surface area (Å²) in [5.41, 5.74) is 3.26. The topological polar surface area (TPSA) is 129 Å². The third-order valence-corrected chi connectivity index (χ3v) is 8.71. The van der Waals surface area contributed by atoms with Crippen molar-refractivity contribution in [1.29, 1.82) is 0 Å². The first kappa shape index (κ1) is 31.5. The summed E-state index contributed by atoms with van der Waals surface area (Å²) in [6, 6.07) is 14.1. The molecule has 0 spiro atoms.